The number of carboxylic acid groups (broad SMARTS) is 1. The van der Waals surface area contributed by atoms with Crippen LogP contribution in [0.1, 0.15) is 35.1 Å². The van der Waals surface area contributed by atoms with E-state index in [2.05, 4.69) is 53.8 Å². The van der Waals surface area contributed by atoms with E-state index in [0.29, 0.717) is 12.3 Å². The molecule has 1 aromatic heterocycles. The quantitative estimate of drug-likeness (QED) is 0.294. The highest BCUT2D eigenvalue weighted by Gasteiger charge is 2.18. The van der Waals surface area contributed by atoms with Crippen molar-refractivity contribution in [2.45, 2.75) is 32.2 Å². The number of ether oxygens (including phenoxy) is 1. The van der Waals surface area contributed by atoms with Gasteiger partial charge in [0.2, 0.25) is 0 Å². The second kappa shape index (κ2) is 10.8. The summed E-state index contributed by atoms with van der Waals surface area (Å²) in [7, 11) is 0. The normalized spacial score (nSPS) is 14.0. The van der Waals surface area contributed by atoms with Crippen molar-refractivity contribution in [1.29, 1.82) is 0 Å². The van der Waals surface area contributed by atoms with E-state index in [4.69, 9.17) is 21.4 Å². The van der Waals surface area contributed by atoms with Gasteiger partial charge in [-0.25, -0.2) is 4.79 Å². The van der Waals surface area contributed by atoms with Crippen LogP contribution in [0.3, 0.4) is 0 Å². The summed E-state index contributed by atoms with van der Waals surface area (Å²) < 4.78 is 7.50. The molecule has 5 rings (SSSR count). The second-order valence-corrected chi connectivity index (χ2v) is 9.40. The van der Waals surface area contributed by atoms with E-state index in [9.17, 15) is 4.79 Å². The van der Waals surface area contributed by atoms with Crippen LogP contribution in [0.2, 0.25) is 5.02 Å². The van der Waals surface area contributed by atoms with Crippen molar-refractivity contribution in [1.82, 2.24) is 9.78 Å². The Bertz CT molecular complexity index is 1420. The smallest absolute Gasteiger partial charge is 0.341 e. The molecule has 0 amide bonds. The lowest BCUT2D eigenvalue weighted by Crippen LogP contribution is -2.12. The molecule has 0 radical (unpaired) electrons. The van der Waals surface area contributed by atoms with Gasteiger partial charge in [-0.3, -0.25) is 4.68 Å². The van der Waals surface area contributed by atoms with E-state index < -0.39 is 5.97 Å². The van der Waals surface area contributed by atoms with Gasteiger partial charge in [-0.15, -0.1) is 0 Å². The Hall–Kier alpha value is -3.83. The van der Waals surface area contributed by atoms with E-state index in [1.807, 2.05) is 41.2 Å². The van der Waals surface area contributed by atoms with Crippen molar-refractivity contribution in [3.05, 3.63) is 112 Å². The summed E-state index contributed by atoms with van der Waals surface area (Å²) in [6.45, 7) is 0.344. The minimum absolute atomic E-state index is 0.327. The molecule has 6 heteroatoms. The lowest BCUT2D eigenvalue weighted by molar-refractivity contribution is -0.139. The maximum absolute atomic E-state index is 10.9. The van der Waals surface area contributed by atoms with Crippen molar-refractivity contribution in [3.8, 4) is 16.9 Å². The fraction of sp³-hybridized carbons (Fsp3) is 0.200. The van der Waals surface area contributed by atoms with E-state index in [1.165, 1.54) is 16.7 Å². The van der Waals surface area contributed by atoms with Crippen molar-refractivity contribution < 1.29 is 14.6 Å². The van der Waals surface area contributed by atoms with Crippen LogP contribution in [0.4, 0.5) is 0 Å². The van der Waals surface area contributed by atoms with Gasteiger partial charge in [-0.2, -0.15) is 5.10 Å². The van der Waals surface area contributed by atoms with Gasteiger partial charge in [0.15, 0.2) is 6.61 Å². The van der Waals surface area contributed by atoms with Gasteiger partial charge in [0.25, 0.3) is 0 Å². The number of nitrogens with zero attached hydrogens (tertiary/aromatic N) is 2. The number of benzene rings is 3. The van der Waals surface area contributed by atoms with Crippen molar-refractivity contribution in [3.63, 3.8) is 0 Å². The molecule has 0 aliphatic heterocycles. The Morgan fingerprint density at radius 3 is 2.75 bits per heavy atom. The van der Waals surface area contributed by atoms with E-state index in [1.54, 1.807) is 0 Å². The number of aliphatic carboxylic acids is 1. The Morgan fingerprint density at radius 1 is 1.06 bits per heavy atom. The largest absolute Gasteiger partial charge is 0.482 e. The van der Waals surface area contributed by atoms with Crippen LogP contribution in [-0.2, 0) is 24.2 Å². The Kier molecular flexibility index (Phi) is 7.19. The molecule has 5 nitrogen and oxygen atoms in total. The number of halogens is 1. The van der Waals surface area contributed by atoms with E-state index in [-0.39, 0.29) is 6.61 Å². The first-order chi connectivity index (χ1) is 17.6. The zero-order chi connectivity index (χ0) is 24.9. The molecule has 0 atom stereocenters. The summed E-state index contributed by atoms with van der Waals surface area (Å²) in [6, 6.07) is 22.2. The Morgan fingerprint density at radius 2 is 1.89 bits per heavy atom. The fourth-order valence-electron chi connectivity index (χ4n) is 4.83. The standard InChI is InChI=1S/C30H27ClN2O3/c31-25-9-3-8-24(17-25)26-10-2-1-6-23(26)16-21-18-32-33(19-21)15-14-22-7-4-12-28-27(22)11-5-13-29(28)36-20-30(34)35/h1-3,5-6,8-11,13-14,17-19H,4,7,12,15-16,20H2,(H,34,35). The maximum Gasteiger partial charge on any atom is 0.341 e. The third-order valence-electron chi connectivity index (χ3n) is 6.46. The molecular formula is C30H27ClN2O3. The molecule has 0 spiro atoms. The predicted molar refractivity (Wildman–Crippen MR) is 142 cm³/mol. The third-order valence-corrected chi connectivity index (χ3v) is 6.70. The van der Waals surface area contributed by atoms with Gasteiger partial charge >= 0.3 is 5.97 Å². The summed E-state index contributed by atoms with van der Waals surface area (Å²) in [6.07, 6.45) is 9.91. The number of rotatable bonds is 8. The van der Waals surface area contributed by atoms with Crippen LogP contribution in [0.15, 0.2) is 85.2 Å². The number of carboxylic acids is 1. The van der Waals surface area contributed by atoms with E-state index >= 15 is 0 Å². The molecule has 1 N–H and O–H groups in total. The number of carbonyl (C=O) groups is 1. The van der Waals surface area contributed by atoms with Crippen LogP contribution < -0.4 is 4.74 Å². The first kappa shape index (κ1) is 23.9. The van der Waals surface area contributed by atoms with Crippen LogP contribution in [-0.4, -0.2) is 27.5 Å². The molecule has 0 saturated carbocycles. The molecule has 36 heavy (non-hydrogen) atoms. The van der Waals surface area contributed by atoms with Crippen molar-refractivity contribution in [2.75, 3.05) is 6.61 Å². The number of hydrogen-bond donors (Lipinski definition) is 1. The number of allylic oxidation sites excluding steroid dienone is 2. The van der Waals surface area contributed by atoms with Gasteiger partial charge in [0.1, 0.15) is 5.75 Å². The van der Waals surface area contributed by atoms with Crippen LogP contribution in [0.25, 0.3) is 16.7 Å². The molecule has 4 aromatic rings. The molecule has 0 saturated heterocycles. The van der Waals surface area contributed by atoms with Gasteiger partial charge in [0.05, 0.1) is 12.7 Å². The average Bonchev–Trinajstić information content (AvgIpc) is 3.33. The SMILES string of the molecule is O=C(O)COc1cccc2c1CCCC2=CCn1cc(Cc2ccccc2-c2cccc(Cl)c2)cn1. The first-order valence-electron chi connectivity index (χ1n) is 12.1. The highest BCUT2D eigenvalue weighted by Crippen LogP contribution is 2.36. The molecule has 1 aliphatic carbocycles. The molecule has 0 fully saturated rings. The third kappa shape index (κ3) is 5.52. The van der Waals surface area contributed by atoms with Crippen LogP contribution in [0, 0.1) is 0 Å². The molecule has 3 aromatic carbocycles. The maximum atomic E-state index is 10.9. The van der Waals surface area contributed by atoms with Crippen molar-refractivity contribution >= 4 is 23.1 Å². The lowest BCUT2D eigenvalue weighted by atomic mass is 9.86. The monoisotopic (exact) mass is 498 g/mol. The molecule has 0 bridgehead atoms. The summed E-state index contributed by atoms with van der Waals surface area (Å²) >= 11 is 6.23. The topological polar surface area (TPSA) is 64.3 Å². The minimum Gasteiger partial charge on any atom is -0.482 e. The summed E-state index contributed by atoms with van der Waals surface area (Å²) in [5.41, 5.74) is 8.15. The second-order valence-electron chi connectivity index (χ2n) is 8.96. The number of hydrogen-bond acceptors (Lipinski definition) is 3. The van der Waals surface area contributed by atoms with Crippen molar-refractivity contribution in [2.24, 2.45) is 0 Å². The molecule has 0 unspecified atom stereocenters. The first-order valence-corrected chi connectivity index (χ1v) is 12.5. The van der Waals surface area contributed by atoms with Gasteiger partial charge in [-0.1, -0.05) is 66.2 Å². The molecule has 182 valence electrons. The lowest BCUT2D eigenvalue weighted by Gasteiger charge is -2.22. The Labute approximate surface area is 215 Å². The zero-order valence-electron chi connectivity index (χ0n) is 19.9. The molecule has 1 heterocycles. The van der Waals surface area contributed by atoms with Gasteiger partial charge < -0.3 is 9.84 Å². The summed E-state index contributed by atoms with van der Waals surface area (Å²) in [4.78, 5) is 10.9. The van der Waals surface area contributed by atoms with Gasteiger partial charge in [0, 0.05) is 23.2 Å². The number of fused-ring (bicyclic) bond motifs is 1. The predicted octanol–water partition coefficient (Wildman–Crippen LogP) is 6.68. The zero-order valence-corrected chi connectivity index (χ0v) is 20.6. The molecular weight excluding hydrogens is 472 g/mol. The highest BCUT2D eigenvalue weighted by atomic mass is 35.5. The Balaban J connectivity index is 1.32. The minimum atomic E-state index is -0.969. The summed E-state index contributed by atoms with van der Waals surface area (Å²) in [5, 5.41) is 14.3. The van der Waals surface area contributed by atoms with Crippen LogP contribution in [0.5, 0.6) is 5.75 Å². The van der Waals surface area contributed by atoms with Gasteiger partial charge in [-0.05, 0) is 70.9 Å². The van der Waals surface area contributed by atoms with E-state index in [0.717, 1.165) is 53.0 Å². The summed E-state index contributed by atoms with van der Waals surface area (Å²) in [5.74, 6) is -0.302. The number of aromatic nitrogens is 2. The fourth-order valence-corrected chi connectivity index (χ4v) is 5.02. The highest BCUT2D eigenvalue weighted by molar-refractivity contribution is 6.30. The van der Waals surface area contributed by atoms with Crippen LogP contribution >= 0.6 is 11.6 Å². The molecule has 1 aliphatic rings. The average molecular weight is 499 g/mol.